The molecule has 7 heteroatoms. The first-order valence-electron chi connectivity index (χ1n) is 9.44. The highest BCUT2D eigenvalue weighted by atomic mass is 15.3. The molecule has 0 amide bonds. The van der Waals surface area contributed by atoms with Crippen molar-refractivity contribution in [3.8, 4) is 0 Å². The molecule has 1 aliphatic rings. The lowest BCUT2D eigenvalue weighted by Gasteiger charge is -2.21. The topological polar surface area (TPSA) is 63.0 Å². The molecule has 1 fully saturated rings. The van der Waals surface area contributed by atoms with E-state index in [1.807, 2.05) is 10.9 Å². The third kappa shape index (κ3) is 4.34. The Morgan fingerprint density at radius 2 is 1.80 bits per heavy atom. The van der Waals surface area contributed by atoms with Crippen molar-refractivity contribution in [1.82, 2.24) is 29.9 Å². The first kappa shape index (κ1) is 17.8. The predicted octanol–water partition coefficient (Wildman–Crippen LogP) is 1.93. The molecule has 0 aromatic carbocycles. The van der Waals surface area contributed by atoms with Crippen molar-refractivity contribution in [2.24, 2.45) is 0 Å². The number of anilines is 1. The van der Waals surface area contributed by atoms with E-state index in [1.54, 1.807) is 0 Å². The fourth-order valence-electron chi connectivity index (χ4n) is 3.31. The van der Waals surface area contributed by atoms with Gasteiger partial charge in [-0.1, -0.05) is 13.8 Å². The lowest BCUT2D eigenvalue weighted by atomic mass is 10.2. The van der Waals surface area contributed by atoms with Crippen molar-refractivity contribution in [3.05, 3.63) is 29.3 Å². The van der Waals surface area contributed by atoms with Crippen LogP contribution in [0.4, 0.5) is 5.95 Å². The number of rotatable bonds is 6. The Morgan fingerprint density at radius 1 is 0.960 bits per heavy atom. The maximum Gasteiger partial charge on any atom is 0.245 e. The van der Waals surface area contributed by atoms with Crippen LogP contribution in [0.5, 0.6) is 0 Å². The van der Waals surface area contributed by atoms with Crippen molar-refractivity contribution in [2.75, 3.05) is 31.1 Å². The average Bonchev–Trinajstić information content (AvgIpc) is 2.98. The molecule has 25 heavy (non-hydrogen) atoms. The second-order valence-corrected chi connectivity index (χ2v) is 6.53. The number of nitrogens with zero attached hydrogens (tertiary/aromatic N) is 7. The van der Waals surface area contributed by atoms with Crippen LogP contribution in [0.25, 0.3) is 0 Å². The SMILES string of the molecule is CCc1nnc(N2CCCN(Cc3cnn(CC)c3)CC2)nc1CC. The van der Waals surface area contributed by atoms with Crippen LogP contribution in [-0.2, 0) is 25.9 Å². The summed E-state index contributed by atoms with van der Waals surface area (Å²) in [6.07, 6.45) is 7.04. The first-order chi connectivity index (χ1) is 12.2. The molecule has 136 valence electrons. The minimum atomic E-state index is 0.787. The lowest BCUT2D eigenvalue weighted by molar-refractivity contribution is 0.285. The van der Waals surface area contributed by atoms with E-state index in [0.29, 0.717) is 0 Å². The molecule has 7 nitrogen and oxygen atoms in total. The average molecular weight is 343 g/mol. The van der Waals surface area contributed by atoms with Gasteiger partial charge in [0.2, 0.25) is 5.95 Å². The molecule has 3 rings (SSSR count). The minimum Gasteiger partial charge on any atom is -0.338 e. The number of hydrogen-bond donors (Lipinski definition) is 0. The molecule has 2 aromatic heterocycles. The molecule has 0 bridgehead atoms. The Balaban J connectivity index is 1.63. The van der Waals surface area contributed by atoms with E-state index in [9.17, 15) is 0 Å². The molecule has 2 aromatic rings. The van der Waals surface area contributed by atoms with Crippen molar-refractivity contribution >= 4 is 5.95 Å². The summed E-state index contributed by atoms with van der Waals surface area (Å²) in [6, 6.07) is 0. The zero-order valence-corrected chi connectivity index (χ0v) is 15.6. The summed E-state index contributed by atoms with van der Waals surface area (Å²) in [5, 5.41) is 13.1. The second kappa shape index (κ2) is 8.38. The molecule has 3 heterocycles. The van der Waals surface area contributed by atoms with Gasteiger partial charge in [0.1, 0.15) is 0 Å². The lowest BCUT2D eigenvalue weighted by Crippen LogP contribution is -2.32. The second-order valence-electron chi connectivity index (χ2n) is 6.53. The highest BCUT2D eigenvalue weighted by molar-refractivity contribution is 5.30. The number of hydrogen-bond acceptors (Lipinski definition) is 6. The number of aryl methyl sites for hydroxylation is 3. The third-order valence-corrected chi connectivity index (χ3v) is 4.79. The molecule has 0 atom stereocenters. The monoisotopic (exact) mass is 343 g/mol. The van der Waals surface area contributed by atoms with Gasteiger partial charge in [-0.25, -0.2) is 4.98 Å². The normalized spacial score (nSPS) is 16.2. The van der Waals surface area contributed by atoms with Gasteiger partial charge in [-0.15, -0.1) is 5.10 Å². The van der Waals surface area contributed by atoms with E-state index in [0.717, 1.165) is 75.9 Å². The largest absolute Gasteiger partial charge is 0.338 e. The standard InChI is InChI=1S/C18H29N7/c1-4-16-17(5-2)21-22-18(20-16)24-9-7-8-23(10-11-24)13-15-12-19-25(6-3)14-15/h12,14H,4-11,13H2,1-3H3. The van der Waals surface area contributed by atoms with Crippen LogP contribution in [0, 0.1) is 0 Å². The van der Waals surface area contributed by atoms with Gasteiger partial charge in [0, 0.05) is 51.0 Å². The number of aromatic nitrogens is 5. The van der Waals surface area contributed by atoms with E-state index in [2.05, 4.69) is 52.1 Å². The van der Waals surface area contributed by atoms with Crippen LogP contribution >= 0.6 is 0 Å². The molecule has 0 radical (unpaired) electrons. The van der Waals surface area contributed by atoms with Crippen molar-refractivity contribution in [2.45, 2.75) is 53.1 Å². The Bertz CT molecular complexity index is 682. The van der Waals surface area contributed by atoms with E-state index in [4.69, 9.17) is 4.98 Å². The molecule has 0 saturated carbocycles. The van der Waals surface area contributed by atoms with Crippen LogP contribution in [0.1, 0.15) is 44.1 Å². The molecule has 0 N–H and O–H groups in total. The van der Waals surface area contributed by atoms with Crippen LogP contribution in [0.3, 0.4) is 0 Å². The quantitative estimate of drug-likeness (QED) is 0.798. The minimum absolute atomic E-state index is 0.787. The van der Waals surface area contributed by atoms with Crippen LogP contribution in [0.2, 0.25) is 0 Å². The summed E-state index contributed by atoms with van der Waals surface area (Å²) in [4.78, 5) is 9.54. The zero-order valence-electron chi connectivity index (χ0n) is 15.6. The van der Waals surface area contributed by atoms with Crippen molar-refractivity contribution in [3.63, 3.8) is 0 Å². The first-order valence-corrected chi connectivity index (χ1v) is 9.44. The molecule has 0 spiro atoms. The Kier molecular flexibility index (Phi) is 5.96. The van der Waals surface area contributed by atoms with E-state index in [-0.39, 0.29) is 0 Å². The van der Waals surface area contributed by atoms with E-state index >= 15 is 0 Å². The Hall–Kier alpha value is -2.02. The molecular weight excluding hydrogens is 314 g/mol. The van der Waals surface area contributed by atoms with Crippen LogP contribution < -0.4 is 4.90 Å². The van der Waals surface area contributed by atoms with Gasteiger partial charge < -0.3 is 4.90 Å². The Labute approximate surface area is 150 Å². The van der Waals surface area contributed by atoms with Gasteiger partial charge in [0.05, 0.1) is 17.6 Å². The highest BCUT2D eigenvalue weighted by Gasteiger charge is 2.19. The highest BCUT2D eigenvalue weighted by Crippen LogP contribution is 2.15. The van der Waals surface area contributed by atoms with Crippen molar-refractivity contribution in [1.29, 1.82) is 0 Å². The summed E-state index contributed by atoms with van der Waals surface area (Å²) >= 11 is 0. The summed E-state index contributed by atoms with van der Waals surface area (Å²) in [7, 11) is 0. The zero-order chi connectivity index (χ0) is 17.6. The maximum absolute atomic E-state index is 4.77. The van der Waals surface area contributed by atoms with Crippen LogP contribution in [-0.4, -0.2) is 56.0 Å². The van der Waals surface area contributed by atoms with Gasteiger partial charge in [-0.3, -0.25) is 9.58 Å². The van der Waals surface area contributed by atoms with Gasteiger partial charge in [-0.2, -0.15) is 10.2 Å². The molecule has 0 unspecified atom stereocenters. The third-order valence-electron chi connectivity index (χ3n) is 4.79. The van der Waals surface area contributed by atoms with E-state index < -0.39 is 0 Å². The van der Waals surface area contributed by atoms with Gasteiger partial charge >= 0.3 is 0 Å². The van der Waals surface area contributed by atoms with Crippen LogP contribution in [0.15, 0.2) is 12.4 Å². The fourth-order valence-corrected chi connectivity index (χ4v) is 3.31. The Morgan fingerprint density at radius 3 is 2.52 bits per heavy atom. The molecular formula is C18H29N7. The smallest absolute Gasteiger partial charge is 0.245 e. The molecule has 1 aliphatic heterocycles. The molecule has 1 saturated heterocycles. The van der Waals surface area contributed by atoms with Crippen molar-refractivity contribution < 1.29 is 0 Å². The summed E-state index contributed by atoms with van der Waals surface area (Å²) < 4.78 is 1.99. The summed E-state index contributed by atoms with van der Waals surface area (Å²) in [5.74, 6) is 0.787. The molecule has 0 aliphatic carbocycles. The van der Waals surface area contributed by atoms with Gasteiger partial charge in [0.25, 0.3) is 0 Å². The fraction of sp³-hybridized carbons (Fsp3) is 0.667. The predicted molar refractivity (Wildman–Crippen MR) is 98.6 cm³/mol. The summed E-state index contributed by atoms with van der Waals surface area (Å²) in [6.45, 7) is 12.3. The maximum atomic E-state index is 4.77. The summed E-state index contributed by atoms with van der Waals surface area (Å²) in [5.41, 5.74) is 3.39. The van der Waals surface area contributed by atoms with E-state index in [1.165, 1.54) is 5.56 Å². The van der Waals surface area contributed by atoms with Gasteiger partial charge in [-0.05, 0) is 26.2 Å². The van der Waals surface area contributed by atoms with Gasteiger partial charge in [0.15, 0.2) is 0 Å².